The molecule has 0 amide bonds. The molecule has 1 radical (unpaired) electrons. The minimum atomic E-state index is 0.231. The van der Waals surface area contributed by atoms with Gasteiger partial charge in [-0.2, -0.15) is 0 Å². The normalized spacial score (nSPS) is 31.5. The summed E-state index contributed by atoms with van der Waals surface area (Å²) in [6.45, 7) is 2.81. The fourth-order valence-electron chi connectivity index (χ4n) is 0.774. The van der Waals surface area contributed by atoms with E-state index < -0.39 is 0 Å². The minimum Gasteiger partial charge on any atom is -0.365 e. The van der Waals surface area contributed by atoms with E-state index in [-0.39, 0.29) is 6.23 Å². The van der Waals surface area contributed by atoms with Crippen LogP contribution in [0.2, 0.25) is 0 Å². The van der Waals surface area contributed by atoms with Crippen molar-refractivity contribution in [1.29, 1.82) is 0 Å². The summed E-state index contributed by atoms with van der Waals surface area (Å²) < 4.78 is 5.06. The van der Waals surface area contributed by atoms with Crippen molar-refractivity contribution in [3.63, 3.8) is 0 Å². The Hall–Kier alpha value is -0.120. The lowest BCUT2D eigenvalue weighted by molar-refractivity contribution is 0.0284. The predicted molar refractivity (Wildman–Crippen MR) is 30.9 cm³/mol. The van der Waals surface area contributed by atoms with Crippen molar-refractivity contribution in [3.05, 3.63) is 6.67 Å². The number of nitrogens with zero attached hydrogens (tertiary/aromatic N) is 1. The SMILES string of the molecule is COC1CN[CH]N1C. The molecule has 3 heteroatoms. The molecular weight excluding hydrogens is 104 g/mol. The highest BCUT2D eigenvalue weighted by molar-refractivity contribution is 4.76. The summed E-state index contributed by atoms with van der Waals surface area (Å²) in [5, 5.41) is 3.05. The smallest absolute Gasteiger partial charge is 0.123 e. The van der Waals surface area contributed by atoms with Gasteiger partial charge in [0.15, 0.2) is 0 Å². The second-order valence-electron chi connectivity index (χ2n) is 1.89. The Labute approximate surface area is 49.6 Å². The Morgan fingerprint density at radius 2 is 2.62 bits per heavy atom. The highest BCUT2D eigenvalue weighted by atomic mass is 16.5. The summed E-state index contributed by atoms with van der Waals surface area (Å²) in [7, 11) is 3.69. The van der Waals surface area contributed by atoms with Crippen LogP contribution in [0.1, 0.15) is 0 Å². The van der Waals surface area contributed by atoms with Gasteiger partial charge in [-0.05, 0) is 7.05 Å². The number of hydrogen-bond donors (Lipinski definition) is 1. The molecule has 0 spiro atoms. The van der Waals surface area contributed by atoms with Crippen LogP contribution in [-0.2, 0) is 4.74 Å². The lowest BCUT2D eigenvalue weighted by Crippen LogP contribution is -2.26. The van der Waals surface area contributed by atoms with Crippen LogP contribution >= 0.6 is 0 Å². The zero-order valence-corrected chi connectivity index (χ0v) is 5.22. The van der Waals surface area contributed by atoms with E-state index in [9.17, 15) is 0 Å². The van der Waals surface area contributed by atoms with E-state index in [1.807, 2.05) is 18.6 Å². The number of rotatable bonds is 1. The van der Waals surface area contributed by atoms with E-state index in [2.05, 4.69) is 5.32 Å². The fraction of sp³-hybridized carbons (Fsp3) is 0.800. The number of ether oxygens (including phenoxy) is 1. The van der Waals surface area contributed by atoms with Crippen LogP contribution in [0.3, 0.4) is 0 Å². The molecule has 1 aliphatic heterocycles. The number of hydrogen-bond acceptors (Lipinski definition) is 3. The molecule has 1 rings (SSSR count). The van der Waals surface area contributed by atoms with Crippen molar-refractivity contribution in [2.24, 2.45) is 0 Å². The predicted octanol–water partition coefficient (Wildman–Crippen LogP) is -0.387. The zero-order valence-electron chi connectivity index (χ0n) is 5.22. The third-order valence-electron chi connectivity index (χ3n) is 1.31. The first-order chi connectivity index (χ1) is 3.84. The molecule has 0 aliphatic carbocycles. The van der Waals surface area contributed by atoms with Crippen LogP contribution in [-0.4, -0.2) is 31.8 Å². The molecule has 0 aromatic heterocycles. The van der Waals surface area contributed by atoms with Gasteiger partial charge in [0, 0.05) is 13.7 Å². The molecule has 1 aliphatic rings. The van der Waals surface area contributed by atoms with Gasteiger partial charge in [-0.15, -0.1) is 0 Å². The summed E-state index contributed by atoms with van der Waals surface area (Å²) in [4.78, 5) is 2.00. The zero-order chi connectivity index (χ0) is 5.98. The summed E-state index contributed by atoms with van der Waals surface area (Å²) in [6.07, 6.45) is 0.231. The first-order valence-electron chi connectivity index (χ1n) is 2.66. The van der Waals surface area contributed by atoms with Crippen LogP contribution in [0.25, 0.3) is 0 Å². The third kappa shape index (κ3) is 0.992. The Kier molecular flexibility index (Phi) is 1.83. The molecule has 3 nitrogen and oxygen atoms in total. The Balaban J connectivity index is 2.30. The van der Waals surface area contributed by atoms with Crippen LogP contribution in [0, 0.1) is 6.67 Å². The van der Waals surface area contributed by atoms with Crippen molar-refractivity contribution < 1.29 is 4.74 Å². The van der Waals surface area contributed by atoms with Crippen molar-refractivity contribution >= 4 is 0 Å². The first kappa shape index (κ1) is 6.01. The molecule has 47 valence electrons. The molecule has 1 atom stereocenters. The molecule has 0 aromatic carbocycles. The standard InChI is InChI=1S/C5H11N2O/c1-7-4-6-3-5(7)8-2/h4-6H,3H2,1-2H3. The molecule has 0 aromatic rings. The van der Waals surface area contributed by atoms with E-state index in [0.717, 1.165) is 6.54 Å². The molecule has 0 saturated carbocycles. The van der Waals surface area contributed by atoms with Gasteiger partial charge in [0.1, 0.15) is 6.23 Å². The molecule has 1 saturated heterocycles. The number of methoxy groups -OCH3 is 1. The summed E-state index contributed by atoms with van der Waals surface area (Å²) in [5.74, 6) is 0. The van der Waals surface area contributed by atoms with Crippen LogP contribution < -0.4 is 5.32 Å². The van der Waals surface area contributed by atoms with E-state index in [1.54, 1.807) is 7.11 Å². The van der Waals surface area contributed by atoms with Gasteiger partial charge in [0.25, 0.3) is 0 Å². The summed E-state index contributed by atoms with van der Waals surface area (Å²) in [5.41, 5.74) is 0. The fourth-order valence-corrected chi connectivity index (χ4v) is 0.774. The van der Waals surface area contributed by atoms with Crippen LogP contribution in [0.15, 0.2) is 0 Å². The summed E-state index contributed by atoms with van der Waals surface area (Å²) >= 11 is 0. The molecule has 1 fully saturated rings. The van der Waals surface area contributed by atoms with Crippen LogP contribution in [0.5, 0.6) is 0 Å². The highest BCUT2D eigenvalue weighted by Gasteiger charge is 2.18. The van der Waals surface area contributed by atoms with Gasteiger partial charge < -0.3 is 4.74 Å². The van der Waals surface area contributed by atoms with Gasteiger partial charge in [-0.1, -0.05) is 0 Å². The number of nitrogens with one attached hydrogen (secondary N) is 1. The van der Waals surface area contributed by atoms with Crippen molar-refractivity contribution in [2.75, 3.05) is 20.7 Å². The quantitative estimate of drug-likeness (QED) is 0.504. The lowest BCUT2D eigenvalue weighted by atomic mass is 10.6. The molecule has 1 unspecified atom stereocenters. The molecule has 8 heavy (non-hydrogen) atoms. The second kappa shape index (κ2) is 2.44. The van der Waals surface area contributed by atoms with Crippen molar-refractivity contribution in [3.8, 4) is 0 Å². The molecule has 1 heterocycles. The monoisotopic (exact) mass is 115 g/mol. The van der Waals surface area contributed by atoms with Gasteiger partial charge in [-0.25, -0.2) is 0 Å². The molecule has 1 N–H and O–H groups in total. The topological polar surface area (TPSA) is 24.5 Å². The minimum absolute atomic E-state index is 0.231. The number of likely N-dealkylation sites (N-methyl/N-ethyl adjacent to an activating group) is 1. The van der Waals surface area contributed by atoms with Crippen LogP contribution in [0.4, 0.5) is 0 Å². The molecule has 0 bridgehead atoms. The van der Waals surface area contributed by atoms with E-state index >= 15 is 0 Å². The average Bonchev–Trinajstić information content (AvgIpc) is 2.14. The largest absolute Gasteiger partial charge is 0.365 e. The van der Waals surface area contributed by atoms with E-state index in [1.165, 1.54) is 0 Å². The lowest BCUT2D eigenvalue weighted by Gasteiger charge is -2.14. The average molecular weight is 115 g/mol. The van der Waals surface area contributed by atoms with Gasteiger partial charge >= 0.3 is 0 Å². The Bertz CT molecular complexity index is 76.8. The maximum Gasteiger partial charge on any atom is 0.123 e. The van der Waals surface area contributed by atoms with Gasteiger partial charge in [0.05, 0.1) is 6.67 Å². The van der Waals surface area contributed by atoms with Crippen molar-refractivity contribution in [1.82, 2.24) is 10.2 Å². The summed E-state index contributed by atoms with van der Waals surface area (Å²) in [6, 6.07) is 0. The van der Waals surface area contributed by atoms with E-state index in [4.69, 9.17) is 4.74 Å². The highest BCUT2D eigenvalue weighted by Crippen LogP contribution is 2.02. The van der Waals surface area contributed by atoms with Gasteiger partial charge in [0.2, 0.25) is 0 Å². The second-order valence-corrected chi connectivity index (χ2v) is 1.89. The maximum atomic E-state index is 5.06. The maximum absolute atomic E-state index is 5.06. The first-order valence-corrected chi connectivity index (χ1v) is 2.66. The Morgan fingerprint density at radius 1 is 1.88 bits per heavy atom. The third-order valence-corrected chi connectivity index (χ3v) is 1.31. The van der Waals surface area contributed by atoms with Gasteiger partial charge in [-0.3, -0.25) is 10.2 Å². The Morgan fingerprint density at radius 3 is 2.88 bits per heavy atom. The van der Waals surface area contributed by atoms with E-state index in [0.29, 0.717) is 0 Å². The van der Waals surface area contributed by atoms with Crippen molar-refractivity contribution in [2.45, 2.75) is 6.23 Å². The molecular formula is C5H11N2O.